The van der Waals surface area contributed by atoms with E-state index in [4.69, 9.17) is 4.74 Å². The van der Waals surface area contributed by atoms with Gasteiger partial charge in [0.05, 0.1) is 6.61 Å². The monoisotopic (exact) mass is 334 g/mol. The van der Waals surface area contributed by atoms with Crippen LogP contribution < -0.4 is 15.4 Å². The predicted octanol–water partition coefficient (Wildman–Crippen LogP) is 1.35. The number of methoxy groups -OCH3 is 1. The van der Waals surface area contributed by atoms with Crippen LogP contribution in [0, 0.1) is 0 Å². The van der Waals surface area contributed by atoms with E-state index in [-0.39, 0.29) is 24.8 Å². The van der Waals surface area contributed by atoms with E-state index in [0.717, 1.165) is 12.1 Å². The van der Waals surface area contributed by atoms with E-state index in [0.29, 0.717) is 5.56 Å². The summed E-state index contributed by atoms with van der Waals surface area (Å²) in [5.74, 6) is -1.18. The van der Waals surface area contributed by atoms with Crippen LogP contribution >= 0.6 is 0 Å². The van der Waals surface area contributed by atoms with E-state index in [1.165, 1.54) is 26.2 Å². The summed E-state index contributed by atoms with van der Waals surface area (Å²) in [5, 5.41) is 4.99. The maximum atomic E-state index is 12.0. The van der Waals surface area contributed by atoms with E-state index < -0.39 is 18.3 Å². The molecule has 2 amide bonds. The minimum Gasteiger partial charge on any atom is -0.406 e. The molecule has 0 bridgehead atoms. The summed E-state index contributed by atoms with van der Waals surface area (Å²) in [6, 6.07) is 4.24. The molecule has 0 aliphatic heterocycles. The Morgan fingerprint density at radius 2 is 1.83 bits per heavy atom. The summed E-state index contributed by atoms with van der Waals surface area (Å²) < 4.78 is 44.7. The van der Waals surface area contributed by atoms with Crippen LogP contribution in [-0.2, 0) is 20.9 Å². The average Bonchev–Trinajstić information content (AvgIpc) is 2.43. The molecular weight excluding hydrogens is 317 g/mol. The number of amides is 2. The van der Waals surface area contributed by atoms with Crippen molar-refractivity contribution in [2.75, 3.05) is 13.7 Å². The van der Waals surface area contributed by atoms with Gasteiger partial charge in [0.15, 0.2) is 0 Å². The lowest BCUT2D eigenvalue weighted by molar-refractivity contribution is -0.274. The first-order valence-electron chi connectivity index (χ1n) is 6.59. The van der Waals surface area contributed by atoms with Gasteiger partial charge >= 0.3 is 6.36 Å². The number of benzene rings is 1. The fourth-order valence-electron chi connectivity index (χ4n) is 1.72. The van der Waals surface area contributed by atoms with Crippen molar-refractivity contribution in [1.82, 2.24) is 10.6 Å². The fourth-order valence-corrected chi connectivity index (χ4v) is 1.72. The van der Waals surface area contributed by atoms with Gasteiger partial charge in [0, 0.05) is 20.6 Å². The van der Waals surface area contributed by atoms with Crippen molar-refractivity contribution in [3.05, 3.63) is 29.8 Å². The van der Waals surface area contributed by atoms with Gasteiger partial charge in [-0.1, -0.05) is 12.1 Å². The van der Waals surface area contributed by atoms with Gasteiger partial charge in [0.2, 0.25) is 11.8 Å². The van der Waals surface area contributed by atoms with Crippen molar-refractivity contribution in [1.29, 1.82) is 0 Å². The molecule has 9 heteroatoms. The van der Waals surface area contributed by atoms with Crippen LogP contribution in [0.3, 0.4) is 0 Å². The number of carbonyl (C=O) groups is 2. The second-order valence-corrected chi connectivity index (χ2v) is 4.62. The molecule has 1 rings (SSSR count). The third-order valence-corrected chi connectivity index (χ3v) is 2.65. The van der Waals surface area contributed by atoms with E-state index in [2.05, 4.69) is 15.4 Å². The average molecular weight is 334 g/mol. The van der Waals surface area contributed by atoms with Gasteiger partial charge in [-0.2, -0.15) is 0 Å². The molecule has 128 valence electrons. The standard InChI is InChI=1S/C14H17F3N2O4/c1-9(20)19-12(8-22-2)13(21)18-7-10-3-5-11(6-4-10)23-14(15,16)17/h3-6,12H,7-8H2,1-2H3,(H,18,21)(H,19,20)/t12-/m1/s1. The van der Waals surface area contributed by atoms with Crippen LogP contribution in [0.4, 0.5) is 13.2 Å². The quantitative estimate of drug-likeness (QED) is 0.789. The van der Waals surface area contributed by atoms with Gasteiger partial charge in [-0.15, -0.1) is 13.2 Å². The minimum absolute atomic E-state index is 0.00374. The molecule has 0 radical (unpaired) electrons. The lowest BCUT2D eigenvalue weighted by Gasteiger charge is -2.16. The first-order chi connectivity index (χ1) is 10.7. The second kappa shape index (κ2) is 8.37. The van der Waals surface area contributed by atoms with Gasteiger partial charge in [-0.25, -0.2) is 0 Å². The maximum Gasteiger partial charge on any atom is 0.573 e. The fraction of sp³-hybridized carbons (Fsp3) is 0.429. The van der Waals surface area contributed by atoms with Gasteiger partial charge in [-0.05, 0) is 17.7 Å². The normalized spacial score (nSPS) is 12.4. The van der Waals surface area contributed by atoms with Crippen molar-refractivity contribution in [3.63, 3.8) is 0 Å². The van der Waals surface area contributed by atoms with Crippen LogP contribution in [0.5, 0.6) is 5.75 Å². The zero-order valence-corrected chi connectivity index (χ0v) is 12.6. The molecule has 0 saturated heterocycles. The molecule has 1 aromatic carbocycles. The Hall–Kier alpha value is -2.29. The van der Waals surface area contributed by atoms with Crippen LogP contribution in [0.2, 0.25) is 0 Å². The van der Waals surface area contributed by atoms with Crippen LogP contribution in [0.15, 0.2) is 24.3 Å². The number of hydrogen-bond donors (Lipinski definition) is 2. The molecule has 23 heavy (non-hydrogen) atoms. The van der Waals surface area contributed by atoms with Crippen molar-refractivity contribution in [2.45, 2.75) is 25.9 Å². The summed E-state index contributed by atoms with van der Waals surface area (Å²) in [4.78, 5) is 22.9. The molecule has 0 unspecified atom stereocenters. The topological polar surface area (TPSA) is 76.7 Å². The number of alkyl halides is 3. The molecule has 0 aliphatic rings. The number of hydrogen-bond acceptors (Lipinski definition) is 4. The van der Waals surface area contributed by atoms with Crippen molar-refractivity contribution >= 4 is 11.8 Å². The Bertz CT molecular complexity index is 532. The second-order valence-electron chi connectivity index (χ2n) is 4.62. The molecule has 0 aliphatic carbocycles. The van der Waals surface area contributed by atoms with Crippen molar-refractivity contribution in [3.8, 4) is 5.75 Å². The highest BCUT2D eigenvalue weighted by molar-refractivity contribution is 5.86. The number of carbonyl (C=O) groups excluding carboxylic acids is 2. The number of halogens is 3. The van der Waals surface area contributed by atoms with Crippen LogP contribution in [0.1, 0.15) is 12.5 Å². The lowest BCUT2D eigenvalue weighted by Crippen LogP contribution is -2.48. The molecule has 0 spiro atoms. The third-order valence-electron chi connectivity index (χ3n) is 2.65. The number of ether oxygens (including phenoxy) is 2. The van der Waals surface area contributed by atoms with Gasteiger partial charge in [-0.3, -0.25) is 9.59 Å². The zero-order chi connectivity index (χ0) is 17.5. The molecule has 1 aromatic rings. The highest BCUT2D eigenvalue weighted by Crippen LogP contribution is 2.22. The SMILES string of the molecule is COC[C@@H](NC(C)=O)C(=O)NCc1ccc(OC(F)(F)F)cc1. The molecule has 1 atom stereocenters. The number of nitrogens with one attached hydrogen (secondary N) is 2. The molecule has 0 aromatic heterocycles. The van der Waals surface area contributed by atoms with E-state index in [1.807, 2.05) is 0 Å². The highest BCUT2D eigenvalue weighted by Gasteiger charge is 2.30. The maximum absolute atomic E-state index is 12.0. The van der Waals surface area contributed by atoms with E-state index in [1.54, 1.807) is 0 Å². The van der Waals surface area contributed by atoms with Crippen molar-refractivity contribution in [2.24, 2.45) is 0 Å². The summed E-state index contributed by atoms with van der Waals surface area (Å²) >= 11 is 0. The molecular formula is C14H17F3N2O4. The Morgan fingerprint density at radius 1 is 1.22 bits per heavy atom. The predicted molar refractivity (Wildman–Crippen MR) is 74.5 cm³/mol. The van der Waals surface area contributed by atoms with Gasteiger partial charge in [0.1, 0.15) is 11.8 Å². The third kappa shape index (κ3) is 7.50. The Kier molecular flexibility index (Phi) is 6.83. The van der Waals surface area contributed by atoms with Crippen LogP contribution in [-0.4, -0.2) is 37.9 Å². The Labute approximate surface area is 130 Å². The van der Waals surface area contributed by atoms with Crippen LogP contribution in [0.25, 0.3) is 0 Å². The first-order valence-corrected chi connectivity index (χ1v) is 6.59. The smallest absolute Gasteiger partial charge is 0.406 e. The summed E-state index contributed by atoms with van der Waals surface area (Å²) in [7, 11) is 1.39. The van der Waals surface area contributed by atoms with E-state index >= 15 is 0 Å². The van der Waals surface area contributed by atoms with E-state index in [9.17, 15) is 22.8 Å². The minimum atomic E-state index is -4.75. The largest absolute Gasteiger partial charge is 0.573 e. The Balaban J connectivity index is 2.56. The molecule has 0 fully saturated rings. The lowest BCUT2D eigenvalue weighted by atomic mass is 10.2. The van der Waals surface area contributed by atoms with Gasteiger partial charge in [0.25, 0.3) is 0 Å². The highest BCUT2D eigenvalue weighted by atomic mass is 19.4. The summed E-state index contributed by atoms with van der Waals surface area (Å²) in [5.41, 5.74) is 0.576. The summed E-state index contributed by atoms with van der Waals surface area (Å²) in [6.45, 7) is 1.37. The Morgan fingerprint density at radius 3 is 2.30 bits per heavy atom. The van der Waals surface area contributed by atoms with Crippen molar-refractivity contribution < 1.29 is 32.2 Å². The molecule has 6 nitrogen and oxygen atoms in total. The summed E-state index contributed by atoms with van der Waals surface area (Å²) in [6.07, 6.45) is -4.75. The number of rotatable bonds is 7. The van der Waals surface area contributed by atoms with Gasteiger partial charge < -0.3 is 20.1 Å². The molecule has 0 heterocycles. The zero-order valence-electron chi connectivity index (χ0n) is 12.6. The first kappa shape index (κ1) is 18.8. The molecule has 0 saturated carbocycles. The molecule has 2 N–H and O–H groups in total.